The molecule has 2 heterocycles. The average molecular weight is 212 g/mol. The first-order valence-corrected chi connectivity index (χ1v) is 6.37. The van der Waals surface area contributed by atoms with Crippen molar-refractivity contribution in [1.29, 1.82) is 0 Å². The highest BCUT2D eigenvalue weighted by Crippen LogP contribution is 2.27. The van der Waals surface area contributed by atoms with Crippen LogP contribution in [-0.4, -0.2) is 47.3 Å². The molecule has 0 spiro atoms. The zero-order valence-electron chi connectivity index (χ0n) is 9.95. The lowest BCUT2D eigenvalue weighted by atomic mass is 10.0. The molecule has 2 N–H and O–H groups in total. The summed E-state index contributed by atoms with van der Waals surface area (Å²) in [6.45, 7) is 6.40. The molecule has 2 saturated heterocycles. The first-order valence-electron chi connectivity index (χ1n) is 6.37. The first-order chi connectivity index (χ1) is 7.20. The lowest BCUT2D eigenvalue weighted by Crippen LogP contribution is -2.50. The van der Waals surface area contributed by atoms with Crippen LogP contribution < -0.4 is 5.32 Å². The summed E-state index contributed by atoms with van der Waals surface area (Å²) in [6, 6.07) is 1.64. The molecule has 3 nitrogen and oxygen atoms in total. The zero-order valence-corrected chi connectivity index (χ0v) is 9.95. The topological polar surface area (TPSA) is 35.5 Å². The number of nitrogens with zero attached hydrogens (tertiary/aromatic N) is 1. The fourth-order valence-electron chi connectivity index (χ4n) is 3.07. The molecule has 0 aromatic carbocycles. The van der Waals surface area contributed by atoms with Crippen LogP contribution in [0.1, 0.15) is 39.5 Å². The van der Waals surface area contributed by atoms with E-state index in [0.717, 1.165) is 6.54 Å². The number of hydrogen-bond acceptors (Lipinski definition) is 3. The van der Waals surface area contributed by atoms with Crippen LogP contribution in [0.4, 0.5) is 0 Å². The maximum absolute atomic E-state index is 9.68. The predicted molar refractivity (Wildman–Crippen MR) is 61.9 cm³/mol. The number of rotatable bonds is 3. The van der Waals surface area contributed by atoms with Crippen LogP contribution in [-0.2, 0) is 0 Å². The fraction of sp³-hybridized carbons (Fsp3) is 1.00. The summed E-state index contributed by atoms with van der Waals surface area (Å²) in [5, 5.41) is 13.3. The number of aliphatic hydroxyl groups excluding tert-OH is 1. The number of likely N-dealkylation sites (tertiary alicyclic amines) is 1. The van der Waals surface area contributed by atoms with Crippen LogP contribution in [0, 0.1) is 0 Å². The van der Waals surface area contributed by atoms with E-state index in [2.05, 4.69) is 17.1 Å². The van der Waals surface area contributed by atoms with Crippen molar-refractivity contribution < 1.29 is 5.11 Å². The van der Waals surface area contributed by atoms with Crippen LogP contribution in [0.25, 0.3) is 0 Å². The van der Waals surface area contributed by atoms with Crippen molar-refractivity contribution in [1.82, 2.24) is 10.2 Å². The molecule has 2 rings (SSSR count). The third-order valence-electron chi connectivity index (χ3n) is 4.13. The SMILES string of the molecule is CC(O)C(C)N1CCCC1C1CCCN1. The standard InChI is InChI=1S/C12H24N2O/c1-9(10(2)15)14-8-4-6-12(14)11-5-3-7-13-11/h9-13,15H,3-8H2,1-2H3. The van der Waals surface area contributed by atoms with E-state index in [1.807, 2.05) is 6.92 Å². The van der Waals surface area contributed by atoms with Gasteiger partial charge in [0.25, 0.3) is 0 Å². The Morgan fingerprint density at radius 3 is 2.67 bits per heavy atom. The van der Waals surface area contributed by atoms with Gasteiger partial charge in [-0.3, -0.25) is 4.90 Å². The number of hydrogen-bond donors (Lipinski definition) is 2. The summed E-state index contributed by atoms with van der Waals surface area (Å²) in [5.41, 5.74) is 0. The molecule has 0 bridgehead atoms. The van der Waals surface area contributed by atoms with Gasteiger partial charge in [0.05, 0.1) is 6.10 Å². The summed E-state index contributed by atoms with van der Waals surface area (Å²) in [6.07, 6.45) is 5.01. The van der Waals surface area contributed by atoms with Crippen molar-refractivity contribution in [2.75, 3.05) is 13.1 Å². The third kappa shape index (κ3) is 2.35. The molecule has 88 valence electrons. The highest BCUT2D eigenvalue weighted by molar-refractivity contribution is 4.94. The Kier molecular flexibility index (Phi) is 3.65. The summed E-state index contributed by atoms with van der Waals surface area (Å²) < 4.78 is 0. The van der Waals surface area contributed by atoms with E-state index in [1.54, 1.807) is 0 Å². The Balaban J connectivity index is 1.97. The largest absolute Gasteiger partial charge is 0.392 e. The summed E-state index contributed by atoms with van der Waals surface area (Å²) >= 11 is 0. The minimum absolute atomic E-state index is 0.216. The monoisotopic (exact) mass is 212 g/mol. The van der Waals surface area contributed by atoms with Gasteiger partial charge in [0.1, 0.15) is 0 Å². The molecule has 4 atom stereocenters. The molecule has 0 aliphatic carbocycles. The third-order valence-corrected chi connectivity index (χ3v) is 4.13. The minimum Gasteiger partial charge on any atom is -0.392 e. The van der Waals surface area contributed by atoms with Crippen molar-refractivity contribution in [2.24, 2.45) is 0 Å². The van der Waals surface area contributed by atoms with Gasteiger partial charge in [-0.1, -0.05) is 0 Å². The minimum atomic E-state index is -0.216. The maximum atomic E-state index is 9.68. The van der Waals surface area contributed by atoms with Gasteiger partial charge in [0.15, 0.2) is 0 Å². The Morgan fingerprint density at radius 1 is 1.27 bits per heavy atom. The Morgan fingerprint density at radius 2 is 2.07 bits per heavy atom. The second-order valence-corrected chi connectivity index (χ2v) is 5.13. The van der Waals surface area contributed by atoms with Crippen molar-refractivity contribution in [3.63, 3.8) is 0 Å². The van der Waals surface area contributed by atoms with Crippen molar-refractivity contribution in [2.45, 2.75) is 63.8 Å². The van der Waals surface area contributed by atoms with Crippen molar-refractivity contribution in [3.05, 3.63) is 0 Å². The van der Waals surface area contributed by atoms with Gasteiger partial charge in [-0.15, -0.1) is 0 Å². The summed E-state index contributed by atoms with van der Waals surface area (Å²) in [4.78, 5) is 2.51. The molecule has 15 heavy (non-hydrogen) atoms. The van der Waals surface area contributed by atoms with Gasteiger partial charge in [-0.05, 0) is 52.6 Å². The number of aliphatic hydroxyl groups is 1. The van der Waals surface area contributed by atoms with E-state index in [-0.39, 0.29) is 6.10 Å². The lowest BCUT2D eigenvalue weighted by molar-refractivity contribution is 0.0545. The van der Waals surface area contributed by atoms with Crippen LogP contribution in [0.3, 0.4) is 0 Å². The van der Waals surface area contributed by atoms with Gasteiger partial charge in [-0.2, -0.15) is 0 Å². The molecule has 0 amide bonds. The second-order valence-electron chi connectivity index (χ2n) is 5.13. The van der Waals surface area contributed by atoms with Gasteiger partial charge >= 0.3 is 0 Å². The van der Waals surface area contributed by atoms with Gasteiger partial charge in [-0.25, -0.2) is 0 Å². The molecule has 2 aliphatic heterocycles. The fourth-order valence-corrected chi connectivity index (χ4v) is 3.07. The highest BCUT2D eigenvalue weighted by atomic mass is 16.3. The predicted octanol–water partition coefficient (Wildman–Crippen LogP) is 0.972. The van der Waals surface area contributed by atoms with E-state index in [4.69, 9.17) is 0 Å². The van der Waals surface area contributed by atoms with Crippen molar-refractivity contribution >= 4 is 0 Å². The number of nitrogens with one attached hydrogen (secondary N) is 1. The zero-order chi connectivity index (χ0) is 10.8. The first kappa shape index (κ1) is 11.4. The Bertz CT molecular complexity index is 194. The quantitative estimate of drug-likeness (QED) is 0.732. The van der Waals surface area contributed by atoms with Crippen LogP contribution in [0.2, 0.25) is 0 Å². The molecule has 3 heteroatoms. The van der Waals surface area contributed by atoms with Crippen LogP contribution in [0.5, 0.6) is 0 Å². The van der Waals surface area contributed by atoms with Gasteiger partial charge in [0, 0.05) is 18.1 Å². The molecule has 0 radical (unpaired) electrons. The molecule has 0 aromatic rings. The average Bonchev–Trinajstić information content (AvgIpc) is 2.86. The van der Waals surface area contributed by atoms with Crippen molar-refractivity contribution in [3.8, 4) is 0 Å². The molecule has 0 saturated carbocycles. The van der Waals surface area contributed by atoms with E-state index >= 15 is 0 Å². The highest BCUT2D eigenvalue weighted by Gasteiger charge is 2.36. The maximum Gasteiger partial charge on any atom is 0.0664 e. The molecular formula is C12H24N2O. The Labute approximate surface area is 92.8 Å². The molecule has 2 fully saturated rings. The van der Waals surface area contributed by atoms with Crippen LogP contribution >= 0.6 is 0 Å². The van der Waals surface area contributed by atoms with Gasteiger partial charge in [0.2, 0.25) is 0 Å². The van der Waals surface area contributed by atoms with Crippen LogP contribution in [0.15, 0.2) is 0 Å². The summed E-state index contributed by atoms with van der Waals surface area (Å²) in [7, 11) is 0. The van der Waals surface area contributed by atoms with Gasteiger partial charge < -0.3 is 10.4 Å². The second kappa shape index (κ2) is 4.81. The smallest absolute Gasteiger partial charge is 0.0664 e. The van der Waals surface area contributed by atoms with E-state index in [1.165, 1.54) is 32.2 Å². The summed E-state index contributed by atoms with van der Waals surface area (Å²) in [5.74, 6) is 0. The molecule has 0 aromatic heterocycles. The molecular weight excluding hydrogens is 188 g/mol. The Hall–Kier alpha value is -0.120. The molecule has 4 unspecified atom stereocenters. The van der Waals surface area contributed by atoms with E-state index in [9.17, 15) is 5.11 Å². The lowest BCUT2D eigenvalue weighted by Gasteiger charge is -2.35. The normalized spacial score (nSPS) is 37.0. The van der Waals surface area contributed by atoms with E-state index < -0.39 is 0 Å². The molecule has 2 aliphatic rings. The van der Waals surface area contributed by atoms with E-state index in [0.29, 0.717) is 18.1 Å².